The lowest BCUT2D eigenvalue weighted by atomic mass is 9.99. The van der Waals surface area contributed by atoms with E-state index in [4.69, 9.17) is 19.3 Å². The zero-order valence-electron chi connectivity index (χ0n) is 24.2. The van der Waals surface area contributed by atoms with Crippen LogP contribution in [0, 0.1) is 5.82 Å². The Morgan fingerprint density at radius 3 is 2.47 bits per heavy atom. The quantitative estimate of drug-likeness (QED) is 0.240. The number of fused-ring (bicyclic) bond motifs is 1. The Morgan fingerprint density at radius 1 is 1.02 bits per heavy atom. The highest BCUT2D eigenvalue weighted by Gasteiger charge is 2.38. The number of halogens is 1. The van der Waals surface area contributed by atoms with E-state index in [1.54, 1.807) is 38.1 Å². The number of rotatable bonds is 11. The number of amides is 2. The van der Waals surface area contributed by atoms with Gasteiger partial charge in [-0.1, -0.05) is 36.4 Å². The third kappa shape index (κ3) is 6.52. The van der Waals surface area contributed by atoms with E-state index in [0.717, 1.165) is 16.7 Å². The molecule has 2 amide bonds. The number of carbonyl (C=O) groups excluding carboxylic acids is 2. The van der Waals surface area contributed by atoms with Crippen molar-refractivity contribution in [3.63, 3.8) is 0 Å². The normalized spacial score (nSPS) is 14.7. The van der Waals surface area contributed by atoms with Gasteiger partial charge in [-0.25, -0.2) is 9.07 Å². The van der Waals surface area contributed by atoms with E-state index in [-0.39, 0.29) is 29.4 Å². The van der Waals surface area contributed by atoms with Crippen molar-refractivity contribution < 1.29 is 28.2 Å². The van der Waals surface area contributed by atoms with Crippen molar-refractivity contribution in [3.05, 3.63) is 89.7 Å². The summed E-state index contributed by atoms with van der Waals surface area (Å²) in [6, 6.07) is 21.2. The van der Waals surface area contributed by atoms with Gasteiger partial charge in [-0.2, -0.15) is 5.10 Å². The molecule has 43 heavy (non-hydrogen) atoms. The summed E-state index contributed by atoms with van der Waals surface area (Å²) in [5.74, 6) is 0.750. The van der Waals surface area contributed by atoms with Gasteiger partial charge in [0.15, 0.2) is 11.5 Å². The van der Waals surface area contributed by atoms with Gasteiger partial charge >= 0.3 is 0 Å². The van der Waals surface area contributed by atoms with E-state index in [9.17, 15) is 14.0 Å². The highest BCUT2D eigenvalue weighted by molar-refractivity contribution is 8.00. The number of carbonyl (C=O) groups is 2. The molecule has 224 valence electrons. The maximum atomic E-state index is 14.0. The van der Waals surface area contributed by atoms with E-state index in [1.165, 1.54) is 28.8 Å². The molecule has 0 bridgehead atoms. The molecule has 1 aliphatic rings. The van der Waals surface area contributed by atoms with Crippen molar-refractivity contribution in [1.82, 2.24) is 15.1 Å². The Bertz CT molecular complexity index is 1580. The standard InChI is InChI=1S/C32H33FN4O5S/c1-40-17-7-16-34-27(38)19-36-28(39)20-43-31(22-10-15-25(41-2)26(18-22)42-3)29-30(21-8-5-4-6-9-21)35-37(32(29)36)24-13-11-23(33)12-14-24/h4-6,8-15,18,31H,7,16-17,19-20H2,1-3H3,(H,34,38). The van der Waals surface area contributed by atoms with Crippen LogP contribution < -0.4 is 19.7 Å². The Morgan fingerprint density at radius 2 is 1.77 bits per heavy atom. The number of aromatic nitrogens is 2. The zero-order chi connectivity index (χ0) is 30.3. The second-order valence-electron chi connectivity index (χ2n) is 9.82. The van der Waals surface area contributed by atoms with Gasteiger partial charge in [0.2, 0.25) is 11.8 Å². The summed E-state index contributed by atoms with van der Waals surface area (Å²) in [5.41, 5.74) is 3.66. The van der Waals surface area contributed by atoms with Crippen LogP contribution in [0.2, 0.25) is 0 Å². The molecule has 0 saturated carbocycles. The van der Waals surface area contributed by atoms with E-state index in [0.29, 0.717) is 48.3 Å². The van der Waals surface area contributed by atoms with Gasteiger partial charge in [0.25, 0.3) is 0 Å². The molecule has 11 heteroatoms. The lowest BCUT2D eigenvalue weighted by Gasteiger charge is -2.23. The van der Waals surface area contributed by atoms with Crippen LogP contribution in [0.15, 0.2) is 72.8 Å². The highest BCUT2D eigenvalue weighted by atomic mass is 32.2. The summed E-state index contributed by atoms with van der Waals surface area (Å²) in [6.07, 6.45) is 0.643. The fraction of sp³-hybridized carbons (Fsp3) is 0.281. The smallest absolute Gasteiger partial charge is 0.240 e. The molecule has 1 unspecified atom stereocenters. The number of benzene rings is 3. The fourth-order valence-corrected chi connectivity index (χ4v) is 6.20. The van der Waals surface area contributed by atoms with Crippen LogP contribution in [-0.4, -0.2) is 68.4 Å². The lowest BCUT2D eigenvalue weighted by molar-refractivity contribution is -0.122. The van der Waals surface area contributed by atoms with Crippen molar-refractivity contribution >= 4 is 29.4 Å². The molecule has 0 aliphatic carbocycles. The third-order valence-corrected chi connectivity index (χ3v) is 8.32. The van der Waals surface area contributed by atoms with Crippen LogP contribution >= 0.6 is 11.8 Å². The van der Waals surface area contributed by atoms with Crippen molar-refractivity contribution in [2.75, 3.05) is 51.7 Å². The first kappa shape index (κ1) is 30.1. The number of hydrogen-bond acceptors (Lipinski definition) is 7. The van der Waals surface area contributed by atoms with Gasteiger partial charge in [0.05, 0.1) is 36.6 Å². The molecular formula is C32H33FN4O5S. The number of thioether (sulfide) groups is 1. The predicted molar refractivity (Wildman–Crippen MR) is 165 cm³/mol. The van der Waals surface area contributed by atoms with E-state index in [2.05, 4.69) is 5.32 Å². The lowest BCUT2D eigenvalue weighted by Crippen LogP contribution is -2.42. The first-order chi connectivity index (χ1) is 20.9. The third-order valence-electron chi connectivity index (χ3n) is 7.07. The van der Waals surface area contributed by atoms with Gasteiger partial charge in [-0.05, 0) is 48.4 Å². The van der Waals surface area contributed by atoms with Crippen LogP contribution in [0.25, 0.3) is 16.9 Å². The minimum absolute atomic E-state index is 0.113. The molecule has 1 aliphatic heterocycles. The van der Waals surface area contributed by atoms with Crippen LogP contribution in [0.3, 0.4) is 0 Å². The highest BCUT2D eigenvalue weighted by Crippen LogP contribution is 2.49. The molecule has 1 aromatic heterocycles. The van der Waals surface area contributed by atoms with Gasteiger partial charge in [-0.15, -0.1) is 11.8 Å². The van der Waals surface area contributed by atoms with Crippen LogP contribution in [0.1, 0.15) is 22.8 Å². The van der Waals surface area contributed by atoms with Gasteiger partial charge < -0.3 is 19.5 Å². The van der Waals surface area contributed by atoms with Crippen LogP contribution in [0.4, 0.5) is 10.2 Å². The largest absolute Gasteiger partial charge is 0.493 e. The summed E-state index contributed by atoms with van der Waals surface area (Å²) < 4.78 is 31.8. The SMILES string of the molecule is COCCCNC(=O)CN1C(=O)CSC(c2ccc(OC)c(OC)c2)c2c(-c3ccccc3)nn(-c3ccc(F)cc3)c21. The molecule has 3 aromatic carbocycles. The first-order valence-corrected chi connectivity index (χ1v) is 14.8. The Hall–Kier alpha value is -4.35. The number of anilines is 1. The van der Waals surface area contributed by atoms with Gasteiger partial charge in [0.1, 0.15) is 18.2 Å². The van der Waals surface area contributed by atoms with Crippen molar-refractivity contribution in [2.45, 2.75) is 11.7 Å². The molecule has 1 atom stereocenters. The van der Waals surface area contributed by atoms with Gasteiger partial charge in [0, 0.05) is 31.4 Å². The molecule has 5 rings (SSSR count). The molecule has 2 heterocycles. The molecule has 4 aromatic rings. The van der Waals surface area contributed by atoms with E-state index >= 15 is 0 Å². The van der Waals surface area contributed by atoms with Crippen molar-refractivity contribution in [3.8, 4) is 28.4 Å². The minimum Gasteiger partial charge on any atom is -0.493 e. The number of ether oxygens (including phenoxy) is 3. The summed E-state index contributed by atoms with van der Waals surface area (Å²) in [5, 5.41) is 7.54. The topological polar surface area (TPSA) is 94.9 Å². The van der Waals surface area contributed by atoms with Crippen molar-refractivity contribution in [2.24, 2.45) is 0 Å². The Kier molecular flexibility index (Phi) is 9.63. The van der Waals surface area contributed by atoms with Crippen LogP contribution in [-0.2, 0) is 14.3 Å². The molecular weight excluding hydrogens is 571 g/mol. The molecule has 1 N–H and O–H groups in total. The molecule has 9 nitrogen and oxygen atoms in total. The summed E-state index contributed by atoms with van der Waals surface area (Å²) in [7, 11) is 4.76. The summed E-state index contributed by atoms with van der Waals surface area (Å²) in [6.45, 7) is 0.713. The Balaban J connectivity index is 1.72. The number of nitrogens with one attached hydrogen (secondary N) is 1. The maximum Gasteiger partial charge on any atom is 0.240 e. The molecule has 0 saturated heterocycles. The fourth-order valence-electron chi connectivity index (χ4n) is 5.01. The Labute approximate surface area is 253 Å². The maximum absolute atomic E-state index is 14.0. The molecule has 0 spiro atoms. The summed E-state index contributed by atoms with van der Waals surface area (Å²) in [4.78, 5) is 28.5. The molecule has 0 radical (unpaired) electrons. The second kappa shape index (κ2) is 13.7. The number of hydrogen-bond donors (Lipinski definition) is 1. The number of methoxy groups -OCH3 is 3. The number of nitrogens with zero attached hydrogens (tertiary/aromatic N) is 3. The van der Waals surface area contributed by atoms with E-state index < -0.39 is 5.82 Å². The second-order valence-corrected chi connectivity index (χ2v) is 10.9. The first-order valence-electron chi connectivity index (χ1n) is 13.8. The van der Waals surface area contributed by atoms with E-state index in [1.807, 2.05) is 48.5 Å². The van der Waals surface area contributed by atoms with Crippen LogP contribution in [0.5, 0.6) is 11.5 Å². The average molecular weight is 605 g/mol. The average Bonchev–Trinajstić information content (AvgIpc) is 3.36. The molecule has 0 fully saturated rings. The zero-order valence-corrected chi connectivity index (χ0v) is 25.0. The monoisotopic (exact) mass is 604 g/mol. The minimum atomic E-state index is -0.396. The van der Waals surface area contributed by atoms with Crippen molar-refractivity contribution in [1.29, 1.82) is 0 Å². The van der Waals surface area contributed by atoms with Gasteiger partial charge in [-0.3, -0.25) is 14.5 Å². The predicted octanol–water partition coefficient (Wildman–Crippen LogP) is 5.02. The summed E-state index contributed by atoms with van der Waals surface area (Å²) >= 11 is 1.45.